The monoisotopic (exact) mass is 395 g/mol. The van der Waals surface area contributed by atoms with Crippen LogP contribution in [0.2, 0.25) is 0 Å². The van der Waals surface area contributed by atoms with E-state index in [1.807, 2.05) is 0 Å². The Morgan fingerprint density at radius 2 is 1.86 bits per heavy atom. The lowest BCUT2D eigenvalue weighted by Crippen LogP contribution is -2.33. The molecule has 2 saturated carbocycles. The first-order valence-corrected chi connectivity index (χ1v) is 9.66. The van der Waals surface area contributed by atoms with Gasteiger partial charge in [0.2, 0.25) is 5.95 Å². The molecule has 2 aromatic rings. The normalized spacial score (nSPS) is 23.0. The third-order valence-corrected chi connectivity index (χ3v) is 5.55. The summed E-state index contributed by atoms with van der Waals surface area (Å²) in [7, 11) is 1.70. The van der Waals surface area contributed by atoms with Crippen LogP contribution >= 0.6 is 0 Å². The number of nitrogens with two attached hydrogens (primary N) is 1. The highest BCUT2D eigenvalue weighted by atomic mass is 19.4. The standard InChI is InChI=1S/C18H24F3N7/c1-28-14(8-10-2-3-10)16(26-27-28)15-13(18(19,20)21)9-23-17(25-15)24-12-6-4-11(22)5-7-12/h9-12H,2-8,22H2,1H3,(H,23,24,25). The van der Waals surface area contributed by atoms with Crippen molar-refractivity contribution in [2.24, 2.45) is 18.7 Å². The number of aromatic nitrogens is 5. The molecule has 0 unspecified atom stereocenters. The van der Waals surface area contributed by atoms with Gasteiger partial charge in [-0.2, -0.15) is 13.2 Å². The summed E-state index contributed by atoms with van der Waals surface area (Å²) in [5.41, 5.74) is 5.70. The predicted octanol–water partition coefficient (Wildman–Crippen LogP) is 2.93. The highest BCUT2D eigenvalue weighted by Crippen LogP contribution is 2.39. The van der Waals surface area contributed by atoms with Gasteiger partial charge in [0.05, 0.1) is 5.69 Å². The Labute approximate surface area is 160 Å². The van der Waals surface area contributed by atoms with E-state index in [0.717, 1.165) is 44.7 Å². The molecule has 2 fully saturated rings. The molecular formula is C18H24F3N7. The van der Waals surface area contributed by atoms with Crippen molar-refractivity contribution in [1.29, 1.82) is 0 Å². The van der Waals surface area contributed by atoms with Crippen LogP contribution in [0.1, 0.15) is 49.8 Å². The molecule has 2 aliphatic rings. The minimum atomic E-state index is -4.57. The summed E-state index contributed by atoms with van der Waals surface area (Å²) in [6, 6.07) is 0.295. The molecule has 2 aromatic heterocycles. The van der Waals surface area contributed by atoms with Crippen molar-refractivity contribution in [3.05, 3.63) is 17.5 Å². The maximum Gasteiger partial charge on any atom is 0.420 e. The Morgan fingerprint density at radius 1 is 1.14 bits per heavy atom. The molecule has 0 aromatic carbocycles. The van der Waals surface area contributed by atoms with Gasteiger partial charge in [-0.05, 0) is 50.9 Å². The molecule has 7 nitrogen and oxygen atoms in total. The molecule has 0 spiro atoms. The van der Waals surface area contributed by atoms with E-state index in [-0.39, 0.29) is 29.4 Å². The van der Waals surface area contributed by atoms with E-state index in [2.05, 4.69) is 25.6 Å². The lowest BCUT2D eigenvalue weighted by atomic mass is 9.92. The molecule has 28 heavy (non-hydrogen) atoms. The maximum atomic E-state index is 13.6. The number of alkyl halides is 3. The molecule has 0 saturated heterocycles. The summed E-state index contributed by atoms with van der Waals surface area (Å²) in [4.78, 5) is 8.16. The number of nitrogens with one attached hydrogen (secondary N) is 1. The van der Waals surface area contributed by atoms with Crippen LogP contribution in [0.25, 0.3) is 11.4 Å². The Hall–Kier alpha value is -2.23. The Bertz CT molecular complexity index is 836. The average molecular weight is 395 g/mol. The van der Waals surface area contributed by atoms with Gasteiger partial charge in [-0.1, -0.05) is 5.21 Å². The molecular weight excluding hydrogens is 371 g/mol. The topological polar surface area (TPSA) is 94.5 Å². The summed E-state index contributed by atoms with van der Waals surface area (Å²) in [6.45, 7) is 0. The van der Waals surface area contributed by atoms with Crippen LogP contribution in [0.4, 0.5) is 19.1 Å². The predicted molar refractivity (Wildman–Crippen MR) is 97.3 cm³/mol. The zero-order valence-corrected chi connectivity index (χ0v) is 15.7. The third-order valence-electron chi connectivity index (χ3n) is 5.55. The van der Waals surface area contributed by atoms with E-state index in [4.69, 9.17) is 5.73 Å². The first kappa shape index (κ1) is 19.1. The molecule has 10 heteroatoms. The van der Waals surface area contributed by atoms with E-state index in [1.54, 1.807) is 11.7 Å². The zero-order valence-electron chi connectivity index (χ0n) is 15.7. The molecule has 2 heterocycles. The van der Waals surface area contributed by atoms with Crippen LogP contribution < -0.4 is 11.1 Å². The average Bonchev–Trinajstić information content (AvgIpc) is 3.39. The van der Waals surface area contributed by atoms with Crippen molar-refractivity contribution >= 4 is 5.95 Å². The molecule has 4 rings (SSSR count). The van der Waals surface area contributed by atoms with Gasteiger partial charge >= 0.3 is 6.18 Å². The van der Waals surface area contributed by atoms with Crippen molar-refractivity contribution < 1.29 is 13.2 Å². The van der Waals surface area contributed by atoms with Crippen molar-refractivity contribution in [2.45, 2.75) is 63.2 Å². The van der Waals surface area contributed by atoms with E-state index in [0.29, 0.717) is 18.0 Å². The van der Waals surface area contributed by atoms with Crippen LogP contribution in [0.5, 0.6) is 0 Å². The number of rotatable bonds is 5. The van der Waals surface area contributed by atoms with Crippen molar-refractivity contribution in [3.8, 4) is 11.4 Å². The van der Waals surface area contributed by atoms with Gasteiger partial charge in [0.15, 0.2) is 0 Å². The summed E-state index contributed by atoms with van der Waals surface area (Å²) in [6.07, 6.45) is 2.53. The maximum absolute atomic E-state index is 13.6. The molecule has 0 bridgehead atoms. The minimum Gasteiger partial charge on any atom is -0.351 e. The van der Waals surface area contributed by atoms with Crippen molar-refractivity contribution in [3.63, 3.8) is 0 Å². The molecule has 2 aliphatic carbocycles. The Kier molecular flexibility index (Phi) is 4.98. The third kappa shape index (κ3) is 4.11. The van der Waals surface area contributed by atoms with Crippen LogP contribution in [0, 0.1) is 5.92 Å². The van der Waals surface area contributed by atoms with Gasteiger partial charge in [0.1, 0.15) is 17.0 Å². The quantitative estimate of drug-likeness (QED) is 0.808. The lowest BCUT2D eigenvalue weighted by molar-refractivity contribution is -0.137. The van der Waals surface area contributed by atoms with Gasteiger partial charge in [-0.15, -0.1) is 5.10 Å². The zero-order chi connectivity index (χ0) is 19.9. The van der Waals surface area contributed by atoms with E-state index >= 15 is 0 Å². The minimum absolute atomic E-state index is 0.108. The van der Waals surface area contributed by atoms with Crippen LogP contribution in [-0.4, -0.2) is 37.0 Å². The number of anilines is 1. The first-order chi connectivity index (χ1) is 13.3. The smallest absolute Gasteiger partial charge is 0.351 e. The lowest BCUT2D eigenvalue weighted by Gasteiger charge is -2.27. The number of halogens is 3. The van der Waals surface area contributed by atoms with Crippen molar-refractivity contribution in [1.82, 2.24) is 25.0 Å². The summed E-state index contributed by atoms with van der Waals surface area (Å²) >= 11 is 0. The van der Waals surface area contributed by atoms with E-state index in [1.165, 1.54) is 0 Å². The number of hydrogen-bond acceptors (Lipinski definition) is 6. The van der Waals surface area contributed by atoms with Gasteiger partial charge in [0.25, 0.3) is 0 Å². The molecule has 3 N–H and O–H groups in total. The van der Waals surface area contributed by atoms with Crippen LogP contribution in [0.3, 0.4) is 0 Å². The largest absolute Gasteiger partial charge is 0.420 e. The fraction of sp³-hybridized carbons (Fsp3) is 0.667. The number of aryl methyl sites for hydroxylation is 1. The molecule has 0 amide bonds. The van der Waals surface area contributed by atoms with E-state index in [9.17, 15) is 13.2 Å². The second-order valence-corrected chi connectivity index (χ2v) is 7.87. The van der Waals surface area contributed by atoms with Gasteiger partial charge in [-0.3, -0.25) is 4.68 Å². The molecule has 0 radical (unpaired) electrons. The van der Waals surface area contributed by atoms with Gasteiger partial charge in [0, 0.05) is 25.3 Å². The molecule has 0 atom stereocenters. The SMILES string of the molecule is Cn1nnc(-c2nc(NC3CCC(N)CC3)ncc2C(F)(F)F)c1CC1CC1. The summed E-state index contributed by atoms with van der Waals surface area (Å²) in [5.74, 6) is 0.669. The van der Waals surface area contributed by atoms with Gasteiger partial charge in [-0.25, -0.2) is 9.97 Å². The Morgan fingerprint density at radius 3 is 2.50 bits per heavy atom. The fourth-order valence-corrected chi connectivity index (χ4v) is 3.67. The second-order valence-electron chi connectivity index (χ2n) is 7.87. The molecule has 152 valence electrons. The number of hydrogen-bond donors (Lipinski definition) is 2. The summed E-state index contributed by atoms with van der Waals surface area (Å²) in [5, 5.41) is 11.1. The van der Waals surface area contributed by atoms with Crippen molar-refractivity contribution in [2.75, 3.05) is 5.32 Å². The highest BCUT2D eigenvalue weighted by molar-refractivity contribution is 5.63. The Balaban J connectivity index is 1.68. The summed E-state index contributed by atoms with van der Waals surface area (Å²) < 4.78 is 42.4. The van der Waals surface area contributed by atoms with Crippen LogP contribution in [-0.2, 0) is 19.6 Å². The van der Waals surface area contributed by atoms with Gasteiger partial charge < -0.3 is 11.1 Å². The first-order valence-electron chi connectivity index (χ1n) is 9.66. The number of nitrogens with zero attached hydrogens (tertiary/aromatic N) is 5. The van der Waals surface area contributed by atoms with Crippen LogP contribution in [0.15, 0.2) is 6.20 Å². The second kappa shape index (κ2) is 7.31. The fourth-order valence-electron chi connectivity index (χ4n) is 3.67. The highest BCUT2D eigenvalue weighted by Gasteiger charge is 2.38. The molecule has 0 aliphatic heterocycles. The van der Waals surface area contributed by atoms with E-state index < -0.39 is 11.7 Å².